The van der Waals surface area contributed by atoms with Crippen molar-refractivity contribution in [3.05, 3.63) is 82.4 Å². The minimum Gasteiger partial charge on any atom is -0.353 e. The summed E-state index contributed by atoms with van der Waals surface area (Å²) in [6.45, 7) is 9.01. The Bertz CT molecular complexity index is 1500. The van der Waals surface area contributed by atoms with E-state index < -0.39 is 0 Å². The van der Waals surface area contributed by atoms with E-state index >= 15 is 0 Å². The van der Waals surface area contributed by atoms with Crippen molar-refractivity contribution < 1.29 is 0 Å². The first kappa shape index (κ1) is 21.3. The predicted molar refractivity (Wildman–Crippen MR) is 138 cm³/mol. The zero-order chi connectivity index (χ0) is 23.1. The number of nitrogens with one attached hydrogen (secondary N) is 1. The fraction of sp³-hybridized carbons (Fsp3) is 0.222. The Hall–Kier alpha value is -3.51. The van der Waals surface area contributed by atoms with Crippen LogP contribution >= 0.6 is 11.3 Å². The SMILES string of the molecule is CCN=C(c1cc2c(-c3ccc(C)s3)cccc2[nH]1)c1cc(-c2cnc(C)n2C)ncc1C. The number of thiophene rings is 1. The molecule has 33 heavy (non-hydrogen) atoms. The summed E-state index contributed by atoms with van der Waals surface area (Å²) < 4.78 is 2.07. The average Bonchev–Trinajstić information content (AvgIpc) is 3.52. The van der Waals surface area contributed by atoms with Gasteiger partial charge in [-0.2, -0.15) is 0 Å². The number of pyridine rings is 1. The van der Waals surface area contributed by atoms with Crippen LogP contribution in [0, 0.1) is 20.8 Å². The first-order valence-electron chi connectivity index (χ1n) is 11.1. The van der Waals surface area contributed by atoms with Gasteiger partial charge in [-0.15, -0.1) is 11.3 Å². The second-order valence-corrected chi connectivity index (χ2v) is 9.61. The molecule has 1 aromatic carbocycles. The molecule has 5 aromatic rings. The fourth-order valence-electron chi connectivity index (χ4n) is 4.21. The Balaban J connectivity index is 1.65. The average molecular weight is 454 g/mol. The third-order valence-electron chi connectivity index (χ3n) is 6.08. The number of nitrogens with zero attached hydrogens (tertiary/aromatic N) is 4. The van der Waals surface area contributed by atoms with Crippen LogP contribution in [0.2, 0.25) is 0 Å². The number of aromatic amines is 1. The third-order valence-corrected chi connectivity index (χ3v) is 7.12. The van der Waals surface area contributed by atoms with Gasteiger partial charge < -0.3 is 9.55 Å². The molecule has 0 fully saturated rings. The van der Waals surface area contributed by atoms with E-state index in [-0.39, 0.29) is 0 Å². The van der Waals surface area contributed by atoms with Crippen LogP contribution in [0.5, 0.6) is 0 Å². The van der Waals surface area contributed by atoms with Crippen LogP contribution in [-0.4, -0.2) is 31.8 Å². The highest BCUT2D eigenvalue weighted by Gasteiger charge is 2.17. The van der Waals surface area contributed by atoms with Crippen molar-refractivity contribution >= 4 is 28.0 Å². The van der Waals surface area contributed by atoms with Crippen molar-refractivity contribution in [2.45, 2.75) is 27.7 Å². The zero-order valence-corrected chi connectivity index (χ0v) is 20.4. The number of H-pyrrole nitrogens is 1. The Morgan fingerprint density at radius 2 is 1.91 bits per heavy atom. The summed E-state index contributed by atoms with van der Waals surface area (Å²) in [5.41, 5.74) is 8.42. The van der Waals surface area contributed by atoms with Gasteiger partial charge in [-0.25, -0.2) is 4.98 Å². The largest absolute Gasteiger partial charge is 0.353 e. The van der Waals surface area contributed by atoms with Crippen molar-refractivity contribution in [1.29, 1.82) is 0 Å². The highest BCUT2D eigenvalue weighted by Crippen LogP contribution is 2.34. The highest BCUT2D eigenvalue weighted by molar-refractivity contribution is 7.15. The summed E-state index contributed by atoms with van der Waals surface area (Å²) >= 11 is 1.82. The molecule has 4 heterocycles. The monoisotopic (exact) mass is 453 g/mol. The minimum atomic E-state index is 0.698. The molecule has 0 atom stereocenters. The molecular weight excluding hydrogens is 426 g/mol. The van der Waals surface area contributed by atoms with Gasteiger partial charge >= 0.3 is 0 Å². The van der Waals surface area contributed by atoms with Crippen LogP contribution in [0.15, 0.2) is 59.9 Å². The summed E-state index contributed by atoms with van der Waals surface area (Å²) in [7, 11) is 2.02. The van der Waals surface area contributed by atoms with Gasteiger partial charge in [0, 0.05) is 51.6 Å². The van der Waals surface area contributed by atoms with E-state index in [1.54, 1.807) is 0 Å². The molecule has 0 aliphatic heterocycles. The third kappa shape index (κ3) is 3.80. The van der Waals surface area contributed by atoms with Crippen LogP contribution < -0.4 is 0 Å². The normalized spacial score (nSPS) is 12.1. The standard InChI is InChI=1S/C27H27N5S/c1-6-28-27(20-12-23(30-14-16(20)2)25-15-29-18(4)32(25)5)24-13-21-19(8-7-9-22(21)31-24)26-11-10-17(3)33-26/h7-15,31H,6H2,1-5H3. The molecule has 0 saturated heterocycles. The molecule has 0 bridgehead atoms. The number of hydrogen-bond acceptors (Lipinski definition) is 4. The summed E-state index contributed by atoms with van der Waals surface area (Å²) in [6.07, 6.45) is 3.81. The van der Waals surface area contributed by atoms with Gasteiger partial charge in [0.15, 0.2) is 0 Å². The number of hydrogen-bond donors (Lipinski definition) is 1. The molecule has 0 radical (unpaired) electrons. The van der Waals surface area contributed by atoms with Gasteiger partial charge in [0.1, 0.15) is 5.82 Å². The molecule has 0 aliphatic rings. The number of aliphatic imine (C=N–C) groups is 1. The second-order valence-electron chi connectivity index (χ2n) is 8.32. The van der Waals surface area contributed by atoms with Gasteiger partial charge in [0.2, 0.25) is 0 Å². The number of benzene rings is 1. The lowest BCUT2D eigenvalue weighted by atomic mass is 10.0. The number of rotatable bonds is 5. The van der Waals surface area contributed by atoms with Crippen molar-refractivity contribution in [2.75, 3.05) is 6.54 Å². The molecule has 0 unspecified atom stereocenters. The molecule has 5 rings (SSSR count). The van der Waals surface area contributed by atoms with Gasteiger partial charge in [-0.05, 0) is 63.6 Å². The van der Waals surface area contributed by atoms with Crippen molar-refractivity contribution in [3.63, 3.8) is 0 Å². The summed E-state index contributed by atoms with van der Waals surface area (Å²) in [4.78, 5) is 20.3. The molecule has 4 aromatic heterocycles. The van der Waals surface area contributed by atoms with Crippen molar-refractivity contribution in [3.8, 4) is 21.8 Å². The summed E-state index contributed by atoms with van der Waals surface area (Å²) in [5, 5.41) is 1.22. The Kier molecular flexibility index (Phi) is 5.46. The van der Waals surface area contributed by atoms with Gasteiger partial charge in [0.05, 0.1) is 29.0 Å². The van der Waals surface area contributed by atoms with Crippen LogP contribution in [0.1, 0.15) is 34.4 Å². The predicted octanol–water partition coefficient (Wildman–Crippen LogP) is 6.47. The first-order valence-corrected chi connectivity index (χ1v) is 12.0. The Labute approximate surface area is 197 Å². The quantitative estimate of drug-likeness (QED) is 0.310. The van der Waals surface area contributed by atoms with Crippen LogP contribution in [0.3, 0.4) is 0 Å². The van der Waals surface area contributed by atoms with Crippen molar-refractivity contribution in [2.24, 2.45) is 12.0 Å². The molecule has 6 heteroatoms. The van der Waals surface area contributed by atoms with E-state index in [1.165, 1.54) is 20.7 Å². The summed E-state index contributed by atoms with van der Waals surface area (Å²) in [5.74, 6) is 0.961. The second kappa shape index (κ2) is 8.45. The van der Waals surface area contributed by atoms with Gasteiger partial charge in [-0.1, -0.05) is 12.1 Å². The van der Waals surface area contributed by atoms with Crippen LogP contribution in [0.4, 0.5) is 0 Å². The van der Waals surface area contributed by atoms with Crippen LogP contribution in [-0.2, 0) is 7.05 Å². The molecule has 166 valence electrons. The molecule has 0 spiro atoms. The topological polar surface area (TPSA) is 58.9 Å². The Morgan fingerprint density at radius 1 is 1.06 bits per heavy atom. The van der Waals surface area contributed by atoms with E-state index in [0.29, 0.717) is 6.54 Å². The van der Waals surface area contributed by atoms with E-state index in [2.05, 4.69) is 77.8 Å². The minimum absolute atomic E-state index is 0.698. The van der Waals surface area contributed by atoms with Crippen molar-refractivity contribution in [1.82, 2.24) is 19.5 Å². The fourth-order valence-corrected chi connectivity index (χ4v) is 5.12. The Morgan fingerprint density at radius 3 is 2.61 bits per heavy atom. The summed E-state index contributed by atoms with van der Waals surface area (Å²) in [6, 6.07) is 15.2. The highest BCUT2D eigenvalue weighted by atomic mass is 32.1. The maximum Gasteiger partial charge on any atom is 0.105 e. The van der Waals surface area contributed by atoms with Crippen LogP contribution in [0.25, 0.3) is 32.7 Å². The smallest absolute Gasteiger partial charge is 0.105 e. The lowest BCUT2D eigenvalue weighted by molar-refractivity contribution is 0.861. The van der Waals surface area contributed by atoms with E-state index in [4.69, 9.17) is 9.98 Å². The molecule has 5 nitrogen and oxygen atoms in total. The number of imidazole rings is 1. The van der Waals surface area contributed by atoms with E-state index in [9.17, 15) is 0 Å². The molecule has 0 aliphatic carbocycles. The number of aromatic nitrogens is 4. The molecular formula is C27H27N5S. The lowest BCUT2D eigenvalue weighted by Crippen LogP contribution is -2.08. The van der Waals surface area contributed by atoms with E-state index in [1.807, 2.05) is 37.7 Å². The molecule has 0 amide bonds. The lowest BCUT2D eigenvalue weighted by Gasteiger charge is -2.11. The molecule has 1 N–H and O–H groups in total. The number of aryl methyl sites for hydroxylation is 3. The maximum absolute atomic E-state index is 4.93. The zero-order valence-electron chi connectivity index (χ0n) is 19.6. The first-order chi connectivity index (χ1) is 16.0. The van der Waals surface area contributed by atoms with Gasteiger partial charge in [-0.3, -0.25) is 9.98 Å². The number of fused-ring (bicyclic) bond motifs is 1. The van der Waals surface area contributed by atoms with Gasteiger partial charge in [0.25, 0.3) is 0 Å². The van der Waals surface area contributed by atoms with E-state index in [0.717, 1.165) is 45.3 Å². The molecule has 0 saturated carbocycles. The maximum atomic E-state index is 4.93.